The molecule has 0 radical (unpaired) electrons. The molecule has 2 saturated heterocycles. The second-order valence-corrected chi connectivity index (χ2v) is 7.63. The van der Waals surface area contributed by atoms with Gasteiger partial charge in [0.15, 0.2) is 5.76 Å². The maximum Gasteiger partial charge on any atom is 0.210 e. The smallest absolute Gasteiger partial charge is 0.210 e. The number of thioether (sulfide) groups is 1. The number of hydrogen-bond donors (Lipinski definition) is 0. The summed E-state index contributed by atoms with van der Waals surface area (Å²) >= 11 is 1.54. The summed E-state index contributed by atoms with van der Waals surface area (Å²) in [4.78, 5) is 11.9. The fourth-order valence-electron chi connectivity index (χ4n) is 3.39. The second kappa shape index (κ2) is 7.34. The number of Topliss-reactive ketones (excluding diaryl/α,β-unsaturated/α-hetero) is 1. The van der Waals surface area contributed by atoms with Crippen LogP contribution in [-0.4, -0.2) is 74.2 Å². The number of hydrogen-bond acceptors (Lipinski definition) is 5. The monoisotopic (exact) mass is 328 g/mol. The summed E-state index contributed by atoms with van der Waals surface area (Å²) in [7, 11) is 0. The number of allylic oxidation sites excluding steroid dienone is 1. The molecular weight excluding hydrogens is 302 g/mol. The van der Waals surface area contributed by atoms with Gasteiger partial charge in [-0.1, -0.05) is 0 Å². The molecule has 5 nitrogen and oxygen atoms in total. The highest BCUT2D eigenvalue weighted by Gasteiger charge is 2.35. The van der Waals surface area contributed by atoms with E-state index < -0.39 is 0 Å². The topological polar surface area (TPSA) is 44.8 Å². The Morgan fingerprint density at radius 2 is 2.18 bits per heavy atom. The molecule has 0 amide bonds. The van der Waals surface area contributed by atoms with E-state index in [2.05, 4.69) is 0 Å². The summed E-state index contributed by atoms with van der Waals surface area (Å²) < 4.78 is 18.1. The average molecular weight is 328 g/mol. The molecule has 2 fully saturated rings. The Hall–Kier alpha value is -0.560. The minimum atomic E-state index is 0.00780. The normalized spacial score (nSPS) is 31.3. The van der Waals surface area contributed by atoms with E-state index in [1.165, 1.54) is 12.8 Å². The molecule has 0 aliphatic carbocycles. The SMILES string of the molecule is CC1SC=C(OCC[N+]2(CC3CCCO3)CCOCC2)C1=O. The molecule has 6 heteroatoms. The lowest BCUT2D eigenvalue weighted by atomic mass is 10.2. The van der Waals surface area contributed by atoms with E-state index >= 15 is 0 Å². The Balaban J connectivity index is 1.52. The highest BCUT2D eigenvalue weighted by molar-refractivity contribution is 8.03. The average Bonchev–Trinajstić information content (AvgIpc) is 3.13. The molecule has 3 rings (SSSR count). The molecule has 22 heavy (non-hydrogen) atoms. The fourth-order valence-corrected chi connectivity index (χ4v) is 4.14. The summed E-state index contributed by atoms with van der Waals surface area (Å²) in [5.41, 5.74) is 0. The molecule has 3 aliphatic rings. The van der Waals surface area contributed by atoms with Crippen molar-refractivity contribution >= 4 is 17.5 Å². The fraction of sp³-hybridized carbons (Fsp3) is 0.812. The van der Waals surface area contributed by atoms with Gasteiger partial charge in [-0.2, -0.15) is 0 Å². The minimum absolute atomic E-state index is 0.00780. The van der Waals surface area contributed by atoms with E-state index in [4.69, 9.17) is 14.2 Å². The molecule has 124 valence electrons. The lowest BCUT2D eigenvalue weighted by Crippen LogP contribution is -2.59. The first-order valence-electron chi connectivity index (χ1n) is 8.26. The molecule has 3 aliphatic heterocycles. The number of rotatable bonds is 6. The third-order valence-corrected chi connectivity index (χ3v) is 5.82. The van der Waals surface area contributed by atoms with E-state index in [1.807, 2.05) is 12.3 Å². The number of carbonyl (C=O) groups excluding carboxylic acids is 1. The zero-order chi connectivity index (χ0) is 15.4. The standard InChI is InChI=1S/C16H26NO4S/c1-13-16(18)15(12-22-13)21-10-6-17(4-8-19-9-5-17)11-14-3-2-7-20-14/h12-14H,2-11H2,1H3/q+1. The predicted octanol–water partition coefficient (Wildman–Crippen LogP) is 1.57. The van der Waals surface area contributed by atoms with Crippen molar-refractivity contribution in [2.45, 2.75) is 31.1 Å². The number of nitrogens with zero attached hydrogens (tertiary/aromatic N) is 1. The van der Waals surface area contributed by atoms with Gasteiger partial charge >= 0.3 is 0 Å². The van der Waals surface area contributed by atoms with Crippen molar-refractivity contribution in [3.05, 3.63) is 11.2 Å². The van der Waals surface area contributed by atoms with Gasteiger partial charge < -0.3 is 18.7 Å². The van der Waals surface area contributed by atoms with Crippen molar-refractivity contribution < 1.29 is 23.5 Å². The lowest BCUT2D eigenvalue weighted by Gasteiger charge is -2.42. The largest absolute Gasteiger partial charge is 0.483 e. The number of morpholine rings is 1. The van der Waals surface area contributed by atoms with Crippen LogP contribution in [0.1, 0.15) is 19.8 Å². The van der Waals surface area contributed by atoms with Crippen LogP contribution in [0.25, 0.3) is 0 Å². The van der Waals surface area contributed by atoms with Crippen LogP contribution >= 0.6 is 11.8 Å². The molecule has 3 heterocycles. The molecular formula is C16H26NO4S+. The zero-order valence-electron chi connectivity index (χ0n) is 13.3. The predicted molar refractivity (Wildman–Crippen MR) is 85.6 cm³/mol. The quantitative estimate of drug-likeness (QED) is 0.693. The van der Waals surface area contributed by atoms with Crippen LogP contribution in [0.3, 0.4) is 0 Å². The van der Waals surface area contributed by atoms with Gasteiger partial charge in [-0.05, 0) is 19.8 Å². The Morgan fingerprint density at radius 3 is 2.82 bits per heavy atom. The maximum absolute atomic E-state index is 11.9. The first-order chi connectivity index (χ1) is 10.7. The first-order valence-corrected chi connectivity index (χ1v) is 9.20. The zero-order valence-corrected chi connectivity index (χ0v) is 14.1. The highest BCUT2D eigenvalue weighted by atomic mass is 32.2. The van der Waals surface area contributed by atoms with E-state index in [9.17, 15) is 4.79 Å². The van der Waals surface area contributed by atoms with Crippen LogP contribution in [0.2, 0.25) is 0 Å². The summed E-state index contributed by atoms with van der Waals surface area (Å²) in [6, 6.07) is 0. The van der Waals surface area contributed by atoms with Crippen molar-refractivity contribution in [2.75, 3.05) is 52.6 Å². The van der Waals surface area contributed by atoms with E-state index in [1.54, 1.807) is 11.8 Å². The molecule has 0 aromatic rings. The first kappa shape index (κ1) is 16.3. The van der Waals surface area contributed by atoms with Crippen molar-refractivity contribution in [1.82, 2.24) is 0 Å². The number of quaternary nitrogens is 1. The molecule has 0 aromatic heterocycles. The third-order valence-electron chi connectivity index (χ3n) is 4.85. The van der Waals surface area contributed by atoms with Crippen LogP contribution in [0.15, 0.2) is 11.2 Å². The number of ketones is 1. The molecule has 0 spiro atoms. The highest BCUT2D eigenvalue weighted by Crippen LogP contribution is 2.27. The lowest BCUT2D eigenvalue weighted by molar-refractivity contribution is -0.937. The third kappa shape index (κ3) is 3.85. The summed E-state index contributed by atoms with van der Waals surface area (Å²) in [6.45, 7) is 9.03. The second-order valence-electron chi connectivity index (χ2n) is 6.42. The van der Waals surface area contributed by atoms with Gasteiger partial charge in [-0.3, -0.25) is 4.79 Å². The van der Waals surface area contributed by atoms with Crippen LogP contribution in [0, 0.1) is 0 Å². The molecule has 0 bridgehead atoms. The van der Waals surface area contributed by atoms with Gasteiger partial charge in [0.1, 0.15) is 38.9 Å². The van der Waals surface area contributed by atoms with Crippen LogP contribution in [0.5, 0.6) is 0 Å². The Morgan fingerprint density at radius 1 is 1.36 bits per heavy atom. The number of carbonyl (C=O) groups is 1. The van der Waals surface area contributed by atoms with Gasteiger partial charge in [0, 0.05) is 12.0 Å². The molecule has 2 atom stereocenters. The molecule has 0 saturated carbocycles. The van der Waals surface area contributed by atoms with Crippen LogP contribution in [0.4, 0.5) is 0 Å². The van der Waals surface area contributed by atoms with E-state index in [0.29, 0.717) is 18.5 Å². The van der Waals surface area contributed by atoms with E-state index in [0.717, 1.165) is 50.5 Å². The summed E-state index contributed by atoms with van der Waals surface area (Å²) in [5.74, 6) is 0.665. The van der Waals surface area contributed by atoms with E-state index in [-0.39, 0.29) is 11.0 Å². The van der Waals surface area contributed by atoms with Crippen molar-refractivity contribution in [3.63, 3.8) is 0 Å². The van der Waals surface area contributed by atoms with Gasteiger partial charge in [-0.15, -0.1) is 11.8 Å². The van der Waals surface area contributed by atoms with Crippen molar-refractivity contribution in [3.8, 4) is 0 Å². The van der Waals surface area contributed by atoms with Crippen molar-refractivity contribution in [1.29, 1.82) is 0 Å². The number of ether oxygens (including phenoxy) is 3. The Labute approximate surface area is 136 Å². The Bertz CT molecular complexity index is 428. The summed E-state index contributed by atoms with van der Waals surface area (Å²) in [5, 5.41) is 1.87. The minimum Gasteiger partial charge on any atom is -0.483 e. The summed E-state index contributed by atoms with van der Waals surface area (Å²) in [6.07, 6.45) is 2.72. The molecule has 2 unspecified atom stereocenters. The maximum atomic E-state index is 11.9. The van der Waals surface area contributed by atoms with Gasteiger partial charge in [0.2, 0.25) is 5.78 Å². The van der Waals surface area contributed by atoms with Crippen LogP contribution in [-0.2, 0) is 19.0 Å². The van der Waals surface area contributed by atoms with Gasteiger partial charge in [0.05, 0.1) is 18.5 Å². The van der Waals surface area contributed by atoms with Crippen LogP contribution < -0.4 is 0 Å². The van der Waals surface area contributed by atoms with Gasteiger partial charge in [-0.25, -0.2) is 0 Å². The molecule has 0 N–H and O–H groups in total. The van der Waals surface area contributed by atoms with Gasteiger partial charge in [0.25, 0.3) is 0 Å². The Kier molecular flexibility index (Phi) is 5.44. The van der Waals surface area contributed by atoms with Crippen molar-refractivity contribution in [2.24, 2.45) is 0 Å². The molecule has 0 aromatic carbocycles.